The Hall–Kier alpha value is -3.05. The molecule has 0 saturated carbocycles. The Kier molecular flexibility index (Phi) is 6.87. The molecule has 0 aliphatic heterocycles. The van der Waals surface area contributed by atoms with E-state index in [1.165, 1.54) is 0 Å². The Labute approximate surface area is 169 Å². The fourth-order valence-corrected chi connectivity index (χ4v) is 2.92. The van der Waals surface area contributed by atoms with Gasteiger partial charge in [0.15, 0.2) is 0 Å². The summed E-state index contributed by atoms with van der Waals surface area (Å²) < 4.78 is 5.60. The third-order valence-electron chi connectivity index (χ3n) is 4.06. The number of rotatable bonds is 8. The second-order valence-electron chi connectivity index (χ2n) is 6.12. The SMILES string of the molecule is CCOc1ccccc1Nc1ccc(C(=O)NCCc2cccc(Cl)c2)cn1. The molecule has 0 spiro atoms. The number of anilines is 2. The Morgan fingerprint density at radius 1 is 1.11 bits per heavy atom. The molecule has 28 heavy (non-hydrogen) atoms. The molecular weight excluding hydrogens is 374 g/mol. The summed E-state index contributed by atoms with van der Waals surface area (Å²) in [7, 11) is 0. The molecule has 5 nitrogen and oxygen atoms in total. The van der Waals surface area contributed by atoms with Gasteiger partial charge in [0.2, 0.25) is 0 Å². The second-order valence-corrected chi connectivity index (χ2v) is 6.56. The molecule has 1 heterocycles. The lowest BCUT2D eigenvalue weighted by Crippen LogP contribution is -2.25. The molecule has 3 aromatic rings. The van der Waals surface area contributed by atoms with E-state index in [1.54, 1.807) is 18.3 Å². The van der Waals surface area contributed by atoms with Gasteiger partial charge in [0, 0.05) is 17.8 Å². The van der Waals surface area contributed by atoms with Crippen LogP contribution in [0.4, 0.5) is 11.5 Å². The number of halogens is 1. The lowest BCUT2D eigenvalue weighted by molar-refractivity contribution is 0.0954. The second kappa shape index (κ2) is 9.76. The quantitative estimate of drug-likeness (QED) is 0.572. The molecule has 0 aliphatic rings. The average molecular weight is 396 g/mol. The number of nitrogens with zero attached hydrogens (tertiary/aromatic N) is 1. The van der Waals surface area contributed by atoms with Crippen molar-refractivity contribution in [2.75, 3.05) is 18.5 Å². The van der Waals surface area contributed by atoms with E-state index in [9.17, 15) is 4.79 Å². The van der Waals surface area contributed by atoms with Crippen molar-refractivity contribution in [1.82, 2.24) is 10.3 Å². The van der Waals surface area contributed by atoms with Crippen LogP contribution in [0.5, 0.6) is 5.75 Å². The van der Waals surface area contributed by atoms with E-state index in [-0.39, 0.29) is 5.91 Å². The summed E-state index contributed by atoms with van der Waals surface area (Å²) in [6.07, 6.45) is 2.27. The van der Waals surface area contributed by atoms with E-state index in [0.29, 0.717) is 36.0 Å². The van der Waals surface area contributed by atoms with Crippen LogP contribution in [0.2, 0.25) is 5.02 Å². The number of carbonyl (C=O) groups is 1. The molecule has 1 aromatic heterocycles. The van der Waals surface area contributed by atoms with E-state index in [1.807, 2.05) is 55.5 Å². The van der Waals surface area contributed by atoms with Gasteiger partial charge >= 0.3 is 0 Å². The third-order valence-corrected chi connectivity index (χ3v) is 4.30. The summed E-state index contributed by atoms with van der Waals surface area (Å²) in [5.41, 5.74) is 2.42. The van der Waals surface area contributed by atoms with Gasteiger partial charge < -0.3 is 15.4 Å². The fourth-order valence-electron chi connectivity index (χ4n) is 2.71. The predicted octanol–water partition coefficient (Wildman–Crippen LogP) is 4.85. The average Bonchev–Trinajstić information content (AvgIpc) is 2.70. The molecule has 3 rings (SSSR count). The molecular formula is C22H22ClN3O2. The van der Waals surface area contributed by atoms with E-state index >= 15 is 0 Å². The van der Waals surface area contributed by atoms with Crippen molar-refractivity contribution in [1.29, 1.82) is 0 Å². The van der Waals surface area contributed by atoms with Crippen LogP contribution >= 0.6 is 11.6 Å². The Bertz CT molecular complexity index is 929. The zero-order valence-electron chi connectivity index (χ0n) is 15.6. The highest BCUT2D eigenvalue weighted by Gasteiger charge is 2.08. The van der Waals surface area contributed by atoms with Gasteiger partial charge in [0.1, 0.15) is 11.6 Å². The van der Waals surface area contributed by atoms with E-state index in [0.717, 1.165) is 17.0 Å². The molecule has 0 saturated heterocycles. The van der Waals surface area contributed by atoms with Gasteiger partial charge in [-0.1, -0.05) is 35.9 Å². The third kappa shape index (κ3) is 5.47. The molecule has 0 fully saturated rings. The molecule has 0 aliphatic carbocycles. The van der Waals surface area contributed by atoms with Crippen molar-refractivity contribution in [3.63, 3.8) is 0 Å². The summed E-state index contributed by atoms with van der Waals surface area (Å²) in [5.74, 6) is 1.24. The number of nitrogens with one attached hydrogen (secondary N) is 2. The van der Waals surface area contributed by atoms with Crippen LogP contribution in [-0.4, -0.2) is 24.0 Å². The maximum Gasteiger partial charge on any atom is 0.252 e. The minimum Gasteiger partial charge on any atom is -0.492 e. The van der Waals surface area contributed by atoms with Gasteiger partial charge in [-0.15, -0.1) is 0 Å². The van der Waals surface area contributed by atoms with Crippen molar-refractivity contribution in [2.45, 2.75) is 13.3 Å². The standard InChI is InChI=1S/C22H22ClN3O2/c1-2-28-20-9-4-3-8-19(20)26-21-11-10-17(15-25-21)22(27)24-13-12-16-6-5-7-18(23)14-16/h3-11,14-15H,2,12-13H2,1H3,(H,24,27)(H,25,26). The van der Waals surface area contributed by atoms with Gasteiger partial charge in [-0.25, -0.2) is 4.98 Å². The first kappa shape index (κ1) is 19.7. The molecule has 0 unspecified atom stereocenters. The van der Waals surface area contributed by atoms with E-state index < -0.39 is 0 Å². The Balaban J connectivity index is 1.55. The molecule has 0 radical (unpaired) electrons. The number of para-hydroxylation sites is 2. The van der Waals surface area contributed by atoms with Gasteiger partial charge in [-0.3, -0.25) is 4.79 Å². The number of amides is 1. The zero-order chi connectivity index (χ0) is 19.8. The summed E-state index contributed by atoms with van der Waals surface area (Å²) in [6, 6.07) is 18.8. The first-order chi connectivity index (χ1) is 13.7. The number of hydrogen-bond acceptors (Lipinski definition) is 4. The predicted molar refractivity (Wildman–Crippen MR) is 113 cm³/mol. The highest BCUT2D eigenvalue weighted by atomic mass is 35.5. The maximum absolute atomic E-state index is 12.3. The summed E-state index contributed by atoms with van der Waals surface area (Å²) in [4.78, 5) is 16.6. The largest absolute Gasteiger partial charge is 0.492 e. The summed E-state index contributed by atoms with van der Waals surface area (Å²) in [5, 5.41) is 6.81. The van der Waals surface area contributed by atoms with Crippen LogP contribution in [0.25, 0.3) is 0 Å². The highest BCUT2D eigenvalue weighted by Crippen LogP contribution is 2.26. The van der Waals surface area contributed by atoms with Crippen LogP contribution < -0.4 is 15.4 Å². The van der Waals surface area contributed by atoms with Crippen molar-refractivity contribution in [3.8, 4) is 5.75 Å². The highest BCUT2D eigenvalue weighted by molar-refractivity contribution is 6.30. The minimum absolute atomic E-state index is 0.157. The number of aromatic nitrogens is 1. The fraction of sp³-hybridized carbons (Fsp3) is 0.182. The van der Waals surface area contributed by atoms with Crippen LogP contribution in [0.15, 0.2) is 66.9 Å². The maximum atomic E-state index is 12.3. The minimum atomic E-state index is -0.157. The smallest absolute Gasteiger partial charge is 0.252 e. The van der Waals surface area contributed by atoms with E-state index in [4.69, 9.17) is 16.3 Å². The number of ether oxygens (including phenoxy) is 1. The normalized spacial score (nSPS) is 10.4. The number of carbonyl (C=O) groups excluding carboxylic acids is 1. The van der Waals surface area contributed by atoms with Crippen molar-refractivity contribution in [3.05, 3.63) is 83.0 Å². The lowest BCUT2D eigenvalue weighted by atomic mass is 10.1. The topological polar surface area (TPSA) is 63.2 Å². The van der Waals surface area contributed by atoms with Gasteiger partial charge in [0.05, 0.1) is 17.9 Å². The van der Waals surface area contributed by atoms with Gasteiger partial charge in [-0.2, -0.15) is 0 Å². The van der Waals surface area contributed by atoms with Crippen LogP contribution in [0.3, 0.4) is 0 Å². The van der Waals surface area contributed by atoms with Crippen LogP contribution in [0, 0.1) is 0 Å². The summed E-state index contributed by atoms with van der Waals surface area (Å²) in [6.45, 7) is 3.05. The first-order valence-corrected chi connectivity index (χ1v) is 9.51. The van der Waals surface area contributed by atoms with Crippen molar-refractivity contribution >= 4 is 29.0 Å². The van der Waals surface area contributed by atoms with Gasteiger partial charge in [0.25, 0.3) is 5.91 Å². The molecule has 0 atom stereocenters. The number of hydrogen-bond donors (Lipinski definition) is 2. The summed E-state index contributed by atoms with van der Waals surface area (Å²) >= 11 is 5.97. The van der Waals surface area contributed by atoms with Gasteiger partial charge in [-0.05, 0) is 55.3 Å². The number of pyridine rings is 1. The first-order valence-electron chi connectivity index (χ1n) is 9.13. The van der Waals surface area contributed by atoms with Crippen LogP contribution in [0.1, 0.15) is 22.8 Å². The van der Waals surface area contributed by atoms with Crippen molar-refractivity contribution < 1.29 is 9.53 Å². The zero-order valence-corrected chi connectivity index (χ0v) is 16.4. The monoisotopic (exact) mass is 395 g/mol. The molecule has 0 bridgehead atoms. The molecule has 6 heteroatoms. The molecule has 144 valence electrons. The Morgan fingerprint density at radius 3 is 2.71 bits per heavy atom. The number of benzene rings is 2. The Morgan fingerprint density at radius 2 is 1.96 bits per heavy atom. The lowest BCUT2D eigenvalue weighted by Gasteiger charge is -2.12. The molecule has 1 amide bonds. The molecule has 2 aromatic carbocycles. The molecule has 2 N–H and O–H groups in total. The van der Waals surface area contributed by atoms with Crippen molar-refractivity contribution in [2.24, 2.45) is 0 Å². The van der Waals surface area contributed by atoms with Crippen LogP contribution in [-0.2, 0) is 6.42 Å². The van der Waals surface area contributed by atoms with E-state index in [2.05, 4.69) is 15.6 Å².